The third-order valence-corrected chi connectivity index (χ3v) is 2.88. The van der Waals surface area contributed by atoms with Crippen molar-refractivity contribution in [2.45, 2.75) is 38.4 Å². The van der Waals surface area contributed by atoms with Crippen molar-refractivity contribution in [1.29, 1.82) is 0 Å². The standard InChI is InChI=1S/C13H18F3N/c1-10(17-2)4-3-5-11-6-8-12(9-7-11)13(14,15)16/h6-10,17H,3-5H2,1-2H3. The molecule has 1 nitrogen and oxygen atoms in total. The van der Waals surface area contributed by atoms with Crippen LogP contribution < -0.4 is 5.32 Å². The SMILES string of the molecule is CNC(C)CCCc1ccc(C(F)(F)F)cc1. The highest BCUT2D eigenvalue weighted by Crippen LogP contribution is 2.29. The van der Waals surface area contributed by atoms with Gasteiger partial charge in [0, 0.05) is 6.04 Å². The van der Waals surface area contributed by atoms with Gasteiger partial charge >= 0.3 is 6.18 Å². The molecule has 0 radical (unpaired) electrons. The third-order valence-electron chi connectivity index (χ3n) is 2.88. The molecule has 1 aromatic rings. The minimum atomic E-state index is -4.24. The molecule has 0 fully saturated rings. The minimum Gasteiger partial charge on any atom is -0.317 e. The van der Waals surface area contributed by atoms with Gasteiger partial charge in [0.15, 0.2) is 0 Å². The van der Waals surface area contributed by atoms with E-state index < -0.39 is 11.7 Å². The highest BCUT2D eigenvalue weighted by Gasteiger charge is 2.29. The quantitative estimate of drug-likeness (QED) is 0.835. The van der Waals surface area contributed by atoms with Crippen molar-refractivity contribution in [3.05, 3.63) is 35.4 Å². The second-order valence-electron chi connectivity index (χ2n) is 4.28. The van der Waals surface area contributed by atoms with Gasteiger partial charge in [-0.3, -0.25) is 0 Å². The van der Waals surface area contributed by atoms with Crippen LogP contribution in [0.3, 0.4) is 0 Å². The Kier molecular flexibility index (Phi) is 5.00. The lowest BCUT2D eigenvalue weighted by atomic mass is 10.0. The molecule has 1 N–H and O–H groups in total. The van der Waals surface area contributed by atoms with Crippen LogP contribution in [0.5, 0.6) is 0 Å². The molecule has 0 aliphatic carbocycles. The molecular weight excluding hydrogens is 227 g/mol. The van der Waals surface area contributed by atoms with Crippen molar-refractivity contribution in [1.82, 2.24) is 5.32 Å². The molecule has 0 aliphatic heterocycles. The topological polar surface area (TPSA) is 12.0 Å². The van der Waals surface area contributed by atoms with Crippen LogP contribution >= 0.6 is 0 Å². The summed E-state index contributed by atoms with van der Waals surface area (Å²) in [6.45, 7) is 2.09. The van der Waals surface area contributed by atoms with Gasteiger partial charge in [0.05, 0.1) is 5.56 Å². The van der Waals surface area contributed by atoms with E-state index in [1.165, 1.54) is 0 Å². The Labute approximate surface area is 100 Å². The smallest absolute Gasteiger partial charge is 0.317 e. The van der Waals surface area contributed by atoms with Gasteiger partial charge in [0.25, 0.3) is 0 Å². The Morgan fingerprint density at radius 1 is 1.18 bits per heavy atom. The molecule has 1 unspecified atom stereocenters. The Morgan fingerprint density at radius 2 is 1.76 bits per heavy atom. The second-order valence-corrected chi connectivity index (χ2v) is 4.28. The minimum absolute atomic E-state index is 0.449. The van der Waals surface area contributed by atoms with Crippen molar-refractivity contribution in [2.75, 3.05) is 7.05 Å². The van der Waals surface area contributed by atoms with E-state index in [2.05, 4.69) is 12.2 Å². The summed E-state index contributed by atoms with van der Waals surface area (Å²) < 4.78 is 36.9. The fraction of sp³-hybridized carbons (Fsp3) is 0.538. The maximum atomic E-state index is 12.3. The van der Waals surface area contributed by atoms with Gasteiger partial charge in [-0.2, -0.15) is 13.2 Å². The molecule has 1 rings (SSSR count). The Bertz CT molecular complexity index is 330. The zero-order valence-electron chi connectivity index (χ0n) is 10.1. The summed E-state index contributed by atoms with van der Waals surface area (Å²) in [7, 11) is 1.91. The van der Waals surface area contributed by atoms with Gasteiger partial charge in [0.1, 0.15) is 0 Å². The zero-order chi connectivity index (χ0) is 12.9. The molecule has 0 amide bonds. The van der Waals surface area contributed by atoms with Gasteiger partial charge < -0.3 is 5.32 Å². The van der Waals surface area contributed by atoms with Crippen LogP contribution in [0.1, 0.15) is 30.9 Å². The molecule has 96 valence electrons. The molecule has 17 heavy (non-hydrogen) atoms. The van der Waals surface area contributed by atoms with Crippen LogP contribution in [0, 0.1) is 0 Å². The summed E-state index contributed by atoms with van der Waals surface area (Å²) in [5.74, 6) is 0. The molecule has 4 heteroatoms. The highest BCUT2D eigenvalue weighted by atomic mass is 19.4. The molecule has 1 aromatic carbocycles. The van der Waals surface area contributed by atoms with Crippen LogP contribution in [0.15, 0.2) is 24.3 Å². The fourth-order valence-electron chi connectivity index (χ4n) is 1.62. The predicted molar refractivity (Wildman–Crippen MR) is 62.9 cm³/mol. The number of hydrogen-bond acceptors (Lipinski definition) is 1. The molecule has 0 saturated heterocycles. The van der Waals surface area contributed by atoms with Crippen molar-refractivity contribution in [2.24, 2.45) is 0 Å². The number of nitrogens with one attached hydrogen (secondary N) is 1. The molecule has 0 saturated carbocycles. The molecule has 1 atom stereocenters. The lowest BCUT2D eigenvalue weighted by molar-refractivity contribution is -0.137. The average Bonchev–Trinajstić information content (AvgIpc) is 2.28. The van der Waals surface area contributed by atoms with E-state index in [0.29, 0.717) is 6.04 Å². The number of rotatable bonds is 5. The van der Waals surface area contributed by atoms with Crippen LogP contribution in [0.2, 0.25) is 0 Å². The summed E-state index contributed by atoms with van der Waals surface area (Å²) in [4.78, 5) is 0. The van der Waals surface area contributed by atoms with Gasteiger partial charge in [-0.25, -0.2) is 0 Å². The molecule has 0 bridgehead atoms. The van der Waals surface area contributed by atoms with Crippen LogP contribution in [0.4, 0.5) is 13.2 Å². The number of aryl methyl sites for hydroxylation is 1. The van der Waals surface area contributed by atoms with E-state index in [4.69, 9.17) is 0 Å². The van der Waals surface area contributed by atoms with E-state index in [9.17, 15) is 13.2 Å². The van der Waals surface area contributed by atoms with E-state index in [1.54, 1.807) is 12.1 Å². The van der Waals surface area contributed by atoms with E-state index >= 15 is 0 Å². The third kappa shape index (κ3) is 4.77. The van der Waals surface area contributed by atoms with Crippen LogP contribution in [-0.4, -0.2) is 13.1 Å². The molecule has 0 heterocycles. The summed E-state index contributed by atoms with van der Waals surface area (Å²) >= 11 is 0. The summed E-state index contributed by atoms with van der Waals surface area (Å²) in [6.07, 6.45) is -1.41. The zero-order valence-corrected chi connectivity index (χ0v) is 10.1. The first-order valence-electron chi connectivity index (χ1n) is 5.77. The monoisotopic (exact) mass is 245 g/mol. The van der Waals surface area contributed by atoms with Crippen molar-refractivity contribution >= 4 is 0 Å². The first kappa shape index (κ1) is 14.0. The second kappa shape index (κ2) is 6.05. The average molecular weight is 245 g/mol. The summed E-state index contributed by atoms with van der Waals surface area (Å²) in [6, 6.07) is 5.87. The van der Waals surface area contributed by atoms with Gasteiger partial charge in [-0.1, -0.05) is 12.1 Å². The summed E-state index contributed by atoms with van der Waals surface area (Å²) in [5.41, 5.74) is 0.381. The first-order chi connectivity index (χ1) is 7.93. The predicted octanol–water partition coefficient (Wildman–Crippen LogP) is 3.64. The lowest BCUT2D eigenvalue weighted by Crippen LogP contribution is -2.20. The first-order valence-corrected chi connectivity index (χ1v) is 5.77. The van der Waals surface area contributed by atoms with Crippen molar-refractivity contribution < 1.29 is 13.2 Å². The lowest BCUT2D eigenvalue weighted by Gasteiger charge is -2.10. The fourth-order valence-corrected chi connectivity index (χ4v) is 1.62. The van der Waals surface area contributed by atoms with Gasteiger partial charge in [-0.05, 0) is 50.9 Å². The normalized spacial score (nSPS) is 13.7. The highest BCUT2D eigenvalue weighted by molar-refractivity contribution is 5.24. The molecule has 0 spiro atoms. The molecule has 0 aliphatic rings. The Balaban J connectivity index is 2.46. The Morgan fingerprint density at radius 3 is 2.24 bits per heavy atom. The van der Waals surface area contributed by atoms with Crippen LogP contribution in [-0.2, 0) is 12.6 Å². The maximum absolute atomic E-state index is 12.3. The maximum Gasteiger partial charge on any atom is 0.416 e. The van der Waals surface area contributed by atoms with E-state index in [0.717, 1.165) is 37.0 Å². The van der Waals surface area contributed by atoms with Crippen LogP contribution in [0.25, 0.3) is 0 Å². The molecular formula is C13H18F3N. The largest absolute Gasteiger partial charge is 0.416 e. The number of alkyl halides is 3. The van der Waals surface area contributed by atoms with E-state index in [-0.39, 0.29) is 0 Å². The van der Waals surface area contributed by atoms with Gasteiger partial charge in [-0.15, -0.1) is 0 Å². The van der Waals surface area contributed by atoms with E-state index in [1.807, 2.05) is 7.05 Å². The number of benzene rings is 1. The van der Waals surface area contributed by atoms with Crippen molar-refractivity contribution in [3.8, 4) is 0 Å². The molecule has 0 aromatic heterocycles. The number of hydrogen-bond donors (Lipinski definition) is 1. The van der Waals surface area contributed by atoms with Gasteiger partial charge in [0.2, 0.25) is 0 Å². The van der Waals surface area contributed by atoms with Crippen molar-refractivity contribution in [3.63, 3.8) is 0 Å². The Hall–Kier alpha value is -1.03. The summed E-state index contributed by atoms with van der Waals surface area (Å²) in [5, 5.41) is 3.13. The number of halogens is 3.